The number of allylic oxidation sites excluding steroid dienone is 1. The summed E-state index contributed by atoms with van der Waals surface area (Å²) < 4.78 is 0. The van der Waals surface area contributed by atoms with Crippen LogP contribution in [0.4, 0.5) is 0 Å². The van der Waals surface area contributed by atoms with Crippen LogP contribution in [-0.2, 0) is 0 Å². The van der Waals surface area contributed by atoms with Crippen molar-refractivity contribution in [2.45, 2.75) is 6.92 Å². The molecular weight excluding hydrogens is 174 g/mol. The number of rotatable bonds is 2. The van der Waals surface area contributed by atoms with Gasteiger partial charge in [-0.05, 0) is 25.1 Å². The first kappa shape index (κ1) is 10.3. The minimum atomic E-state index is 0.733. The number of aromatic nitrogens is 1. The zero-order valence-corrected chi connectivity index (χ0v) is 8.44. The summed E-state index contributed by atoms with van der Waals surface area (Å²) >= 11 is 0. The summed E-state index contributed by atoms with van der Waals surface area (Å²) in [5.74, 6) is 0.733. The van der Waals surface area contributed by atoms with E-state index >= 15 is 0 Å². The molecule has 0 N–H and O–H groups in total. The van der Waals surface area contributed by atoms with Gasteiger partial charge in [0.1, 0.15) is 5.84 Å². The topological polar surface area (TPSA) is 37.6 Å². The average molecular weight is 187 g/mol. The van der Waals surface area contributed by atoms with E-state index in [0.29, 0.717) is 0 Å². The molecule has 3 nitrogen and oxygen atoms in total. The monoisotopic (exact) mass is 187 g/mol. The second-order valence-corrected chi connectivity index (χ2v) is 2.71. The predicted octanol–water partition coefficient (Wildman–Crippen LogP) is 2.10. The molecular formula is C11H13N3. The second kappa shape index (κ2) is 5.07. The van der Waals surface area contributed by atoms with Crippen molar-refractivity contribution in [3.05, 3.63) is 42.7 Å². The highest BCUT2D eigenvalue weighted by atomic mass is 14.9. The van der Waals surface area contributed by atoms with Crippen LogP contribution in [0, 0.1) is 0 Å². The highest BCUT2D eigenvalue weighted by Crippen LogP contribution is 2.01. The minimum Gasteiger partial charge on any atom is -0.274 e. The molecule has 0 aromatic carbocycles. The van der Waals surface area contributed by atoms with Crippen LogP contribution in [0.1, 0.15) is 12.5 Å². The zero-order valence-electron chi connectivity index (χ0n) is 8.44. The van der Waals surface area contributed by atoms with Gasteiger partial charge in [0, 0.05) is 25.0 Å². The van der Waals surface area contributed by atoms with E-state index in [9.17, 15) is 0 Å². The summed E-state index contributed by atoms with van der Waals surface area (Å²) in [6.45, 7) is 5.57. The largest absolute Gasteiger partial charge is 0.274 e. The third-order valence-electron chi connectivity index (χ3n) is 1.78. The van der Waals surface area contributed by atoms with Gasteiger partial charge in [-0.3, -0.25) is 9.98 Å². The van der Waals surface area contributed by atoms with Crippen molar-refractivity contribution in [3.63, 3.8) is 0 Å². The van der Waals surface area contributed by atoms with E-state index < -0.39 is 0 Å². The Morgan fingerprint density at radius 1 is 1.43 bits per heavy atom. The van der Waals surface area contributed by atoms with Crippen LogP contribution in [0.5, 0.6) is 0 Å². The normalized spacial score (nSPS) is 12.7. The summed E-state index contributed by atoms with van der Waals surface area (Å²) in [5.41, 5.74) is 1.81. The summed E-state index contributed by atoms with van der Waals surface area (Å²) in [7, 11) is 1.71. The van der Waals surface area contributed by atoms with Gasteiger partial charge in [-0.1, -0.05) is 6.58 Å². The number of pyridine rings is 1. The van der Waals surface area contributed by atoms with Gasteiger partial charge in [-0.15, -0.1) is 0 Å². The first-order chi connectivity index (χ1) is 6.77. The fourth-order valence-electron chi connectivity index (χ4n) is 0.975. The molecule has 0 fully saturated rings. The molecule has 3 heteroatoms. The predicted molar refractivity (Wildman–Crippen MR) is 60.0 cm³/mol. The minimum absolute atomic E-state index is 0.733. The maximum atomic E-state index is 4.30. The number of hydrogen-bond donors (Lipinski definition) is 0. The molecule has 0 amide bonds. The Labute approximate surface area is 83.9 Å². The van der Waals surface area contributed by atoms with E-state index in [1.54, 1.807) is 25.5 Å². The van der Waals surface area contributed by atoms with Gasteiger partial charge in [-0.25, -0.2) is 4.99 Å². The number of amidine groups is 1. The zero-order chi connectivity index (χ0) is 10.4. The van der Waals surface area contributed by atoms with Gasteiger partial charge < -0.3 is 0 Å². The van der Waals surface area contributed by atoms with Crippen molar-refractivity contribution in [2.75, 3.05) is 7.05 Å². The molecule has 0 saturated carbocycles. The van der Waals surface area contributed by atoms with Gasteiger partial charge in [-0.2, -0.15) is 0 Å². The summed E-state index contributed by atoms with van der Waals surface area (Å²) in [6, 6.07) is 3.78. The SMILES string of the molecule is C=C/C(=N\C(C)=N/C)c1ccncc1. The maximum Gasteiger partial charge on any atom is 0.120 e. The molecule has 1 rings (SSSR count). The molecule has 1 heterocycles. The molecule has 0 saturated heterocycles. The molecule has 0 aliphatic heterocycles. The first-order valence-corrected chi connectivity index (χ1v) is 4.33. The second-order valence-electron chi connectivity index (χ2n) is 2.71. The van der Waals surface area contributed by atoms with Crippen LogP contribution in [0.2, 0.25) is 0 Å². The van der Waals surface area contributed by atoms with Crippen molar-refractivity contribution in [1.29, 1.82) is 0 Å². The van der Waals surface area contributed by atoms with E-state index in [1.807, 2.05) is 19.1 Å². The molecule has 0 aliphatic rings. The van der Waals surface area contributed by atoms with Crippen molar-refractivity contribution in [2.24, 2.45) is 9.98 Å². The Hall–Kier alpha value is -1.77. The van der Waals surface area contributed by atoms with Gasteiger partial charge in [0.15, 0.2) is 0 Å². The van der Waals surface area contributed by atoms with Crippen molar-refractivity contribution >= 4 is 11.5 Å². The first-order valence-electron chi connectivity index (χ1n) is 4.33. The highest BCUT2D eigenvalue weighted by Gasteiger charge is 1.97. The van der Waals surface area contributed by atoms with Crippen molar-refractivity contribution in [1.82, 2.24) is 4.98 Å². The van der Waals surface area contributed by atoms with Gasteiger partial charge in [0.25, 0.3) is 0 Å². The lowest BCUT2D eigenvalue weighted by atomic mass is 10.1. The van der Waals surface area contributed by atoms with Crippen LogP contribution in [0.15, 0.2) is 47.2 Å². The Morgan fingerprint density at radius 3 is 2.57 bits per heavy atom. The van der Waals surface area contributed by atoms with Crippen LogP contribution in [0.3, 0.4) is 0 Å². The van der Waals surface area contributed by atoms with Gasteiger partial charge in [0.05, 0.1) is 5.71 Å². The van der Waals surface area contributed by atoms with E-state index in [2.05, 4.69) is 21.5 Å². The third-order valence-corrected chi connectivity index (χ3v) is 1.78. The summed E-state index contributed by atoms with van der Waals surface area (Å²) in [4.78, 5) is 12.2. The lowest BCUT2D eigenvalue weighted by Gasteiger charge is -1.99. The van der Waals surface area contributed by atoms with E-state index in [4.69, 9.17) is 0 Å². The smallest absolute Gasteiger partial charge is 0.120 e. The Morgan fingerprint density at radius 2 is 2.07 bits per heavy atom. The molecule has 72 valence electrons. The molecule has 1 aromatic rings. The van der Waals surface area contributed by atoms with Gasteiger partial charge in [0.2, 0.25) is 0 Å². The third kappa shape index (κ3) is 2.62. The van der Waals surface area contributed by atoms with Crippen molar-refractivity contribution in [3.8, 4) is 0 Å². The quantitative estimate of drug-likeness (QED) is 0.516. The maximum absolute atomic E-state index is 4.30. The Balaban J connectivity index is 3.05. The van der Waals surface area contributed by atoms with Crippen LogP contribution >= 0.6 is 0 Å². The molecule has 0 aliphatic carbocycles. The molecule has 0 bridgehead atoms. The lowest BCUT2D eigenvalue weighted by molar-refractivity contribution is 1.32. The van der Waals surface area contributed by atoms with Crippen molar-refractivity contribution < 1.29 is 0 Å². The molecule has 14 heavy (non-hydrogen) atoms. The molecule has 0 atom stereocenters. The standard InChI is InChI=1S/C11H13N3/c1-4-11(14-9(2)12-3)10-5-7-13-8-6-10/h4-8H,1H2,2-3H3/b12-9-,14-11+. The summed E-state index contributed by atoms with van der Waals surface area (Å²) in [5, 5.41) is 0. The fraction of sp³-hybridized carbons (Fsp3) is 0.182. The molecule has 0 unspecified atom stereocenters. The number of aliphatic imine (C=N–C) groups is 2. The molecule has 0 radical (unpaired) electrons. The van der Waals surface area contributed by atoms with Crippen LogP contribution in [-0.4, -0.2) is 23.6 Å². The molecule has 1 aromatic heterocycles. The average Bonchev–Trinajstić information content (AvgIpc) is 2.26. The van der Waals surface area contributed by atoms with E-state index in [-0.39, 0.29) is 0 Å². The fourth-order valence-corrected chi connectivity index (χ4v) is 0.975. The lowest BCUT2D eigenvalue weighted by Crippen LogP contribution is -2.00. The molecule has 0 spiro atoms. The highest BCUT2D eigenvalue weighted by molar-refractivity contribution is 6.13. The summed E-state index contributed by atoms with van der Waals surface area (Å²) in [6.07, 6.45) is 5.17. The number of nitrogens with zero attached hydrogens (tertiary/aromatic N) is 3. The Bertz CT molecular complexity index is 363. The van der Waals surface area contributed by atoms with Crippen LogP contribution in [0.25, 0.3) is 0 Å². The van der Waals surface area contributed by atoms with E-state index in [1.165, 1.54) is 0 Å². The number of hydrogen-bond acceptors (Lipinski definition) is 2. The van der Waals surface area contributed by atoms with Gasteiger partial charge >= 0.3 is 0 Å². The van der Waals surface area contributed by atoms with E-state index in [0.717, 1.165) is 17.1 Å². The van der Waals surface area contributed by atoms with Crippen LogP contribution < -0.4 is 0 Å². The Kier molecular flexibility index (Phi) is 3.73.